The number of carbonyl (C=O) groups excluding carboxylic acids is 1. The Labute approximate surface area is 115 Å². The van der Waals surface area contributed by atoms with Gasteiger partial charge in [-0.3, -0.25) is 9.63 Å². The summed E-state index contributed by atoms with van der Waals surface area (Å²) in [6, 6.07) is 8.32. The highest BCUT2D eigenvalue weighted by molar-refractivity contribution is 5.83. The Kier molecular flexibility index (Phi) is 3.68. The highest BCUT2D eigenvalue weighted by atomic mass is 16.6. The lowest BCUT2D eigenvalue weighted by atomic mass is 9.87. The summed E-state index contributed by atoms with van der Waals surface area (Å²) in [5.41, 5.74) is 4.88. The van der Waals surface area contributed by atoms with Crippen molar-refractivity contribution in [2.24, 2.45) is 5.41 Å². The first-order chi connectivity index (χ1) is 8.81. The van der Waals surface area contributed by atoms with Crippen LogP contribution >= 0.6 is 0 Å². The summed E-state index contributed by atoms with van der Waals surface area (Å²) in [6.45, 7) is 8.94. The molecule has 1 aliphatic rings. The number of benzene rings is 1. The SMILES string of the molecule is CC1(C(=O)NOCc2ccc(C(C)(C)C)cc2)CC1. The second-order valence-electron chi connectivity index (χ2n) is 6.73. The van der Waals surface area contributed by atoms with Gasteiger partial charge >= 0.3 is 0 Å². The van der Waals surface area contributed by atoms with Crippen LogP contribution in [-0.4, -0.2) is 5.91 Å². The molecule has 1 aromatic rings. The number of hydroxylamine groups is 1. The van der Waals surface area contributed by atoms with Crippen molar-refractivity contribution in [1.29, 1.82) is 0 Å². The van der Waals surface area contributed by atoms with E-state index in [4.69, 9.17) is 4.84 Å². The standard InChI is InChI=1S/C16H23NO2/c1-15(2,3)13-7-5-12(6-8-13)11-19-17-14(18)16(4)9-10-16/h5-8H,9-11H2,1-4H3,(H,17,18). The third-order valence-electron chi connectivity index (χ3n) is 3.77. The number of rotatable bonds is 4. The second kappa shape index (κ2) is 4.97. The van der Waals surface area contributed by atoms with Gasteiger partial charge in [0.15, 0.2) is 0 Å². The molecule has 0 heterocycles. The molecule has 3 nitrogen and oxygen atoms in total. The van der Waals surface area contributed by atoms with Crippen molar-refractivity contribution in [3.63, 3.8) is 0 Å². The molecule has 2 rings (SSSR count). The van der Waals surface area contributed by atoms with Crippen LogP contribution in [-0.2, 0) is 21.7 Å². The van der Waals surface area contributed by atoms with Gasteiger partial charge in [-0.15, -0.1) is 0 Å². The molecule has 1 saturated carbocycles. The quantitative estimate of drug-likeness (QED) is 0.844. The van der Waals surface area contributed by atoms with E-state index in [0.717, 1.165) is 18.4 Å². The van der Waals surface area contributed by atoms with Crippen molar-refractivity contribution >= 4 is 5.91 Å². The van der Waals surface area contributed by atoms with Gasteiger partial charge in [-0.25, -0.2) is 5.48 Å². The van der Waals surface area contributed by atoms with E-state index in [0.29, 0.717) is 6.61 Å². The first-order valence-corrected chi connectivity index (χ1v) is 6.83. The molecule has 1 N–H and O–H groups in total. The van der Waals surface area contributed by atoms with E-state index in [2.05, 4.69) is 38.4 Å². The molecular weight excluding hydrogens is 238 g/mol. The van der Waals surface area contributed by atoms with Crippen molar-refractivity contribution in [2.45, 2.75) is 52.6 Å². The Morgan fingerprint density at radius 3 is 2.32 bits per heavy atom. The number of hydrogen-bond donors (Lipinski definition) is 1. The molecule has 1 fully saturated rings. The fraction of sp³-hybridized carbons (Fsp3) is 0.562. The molecule has 1 aromatic carbocycles. The lowest BCUT2D eigenvalue weighted by Crippen LogP contribution is -2.30. The van der Waals surface area contributed by atoms with Gasteiger partial charge < -0.3 is 0 Å². The van der Waals surface area contributed by atoms with E-state index in [1.54, 1.807) is 0 Å². The maximum atomic E-state index is 11.7. The average Bonchev–Trinajstić information content (AvgIpc) is 3.08. The molecule has 104 valence electrons. The van der Waals surface area contributed by atoms with Crippen LogP contribution in [0.2, 0.25) is 0 Å². The molecule has 0 bridgehead atoms. The summed E-state index contributed by atoms with van der Waals surface area (Å²) in [7, 11) is 0. The summed E-state index contributed by atoms with van der Waals surface area (Å²) in [4.78, 5) is 16.9. The molecule has 1 amide bonds. The summed E-state index contributed by atoms with van der Waals surface area (Å²) in [5.74, 6) is -0.00110. The monoisotopic (exact) mass is 261 g/mol. The van der Waals surface area contributed by atoms with E-state index in [1.807, 2.05) is 19.1 Å². The lowest BCUT2D eigenvalue weighted by molar-refractivity contribution is -0.139. The maximum Gasteiger partial charge on any atom is 0.249 e. The van der Waals surface area contributed by atoms with Gasteiger partial charge in [0.05, 0.1) is 6.61 Å². The van der Waals surface area contributed by atoms with Crippen LogP contribution in [0.3, 0.4) is 0 Å². The third-order valence-corrected chi connectivity index (χ3v) is 3.77. The fourth-order valence-electron chi connectivity index (χ4n) is 1.82. The molecule has 0 aromatic heterocycles. The number of hydrogen-bond acceptors (Lipinski definition) is 2. The van der Waals surface area contributed by atoms with Crippen LogP contribution in [0.1, 0.15) is 51.7 Å². The fourth-order valence-corrected chi connectivity index (χ4v) is 1.82. The molecule has 0 aliphatic heterocycles. The number of amides is 1. The predicted molar refractivity (Wildman–Crippen MR) is 75.4 cm³/mol. The first-order valence-electron chi connectivity index (χ1n) is 6.83. The average molecular weight is 261 g/mol. The van der Waals surface area contributed by atoms with Crippen LogP contribution in [0.25, 0.3) is 0 Å². The third kappa shape index (κ3) is 3.57. The maximum absolute atomic E-state index is 11.7. The van der Waals surface area contributed by atoms with Gasteiger partial charge in [0.25, 0.3) is 0 Å². The minimum atomic E-state index is -0.184. The summed E-state index contributed by atoms with van der Waals surface area (Å²) in [5, 5.41) is 0. The lowest BCUT2D eigenvalue weighted by Gasteiger charge is -2.19. The Morgan fingerprint density at radius 1 is 1.26 bits per heavy atom. The van der Waals surface area contributed by atoms with Crippen molar-refractivity contribution in [2.75, 3.05) is 0 Å². The molecule has 0 radical (unpaired) electrons. The van der Waals surface area contributed by atoms with Crippen LogP contribution in [0.4, 0.5) is 0 Å². The van der Waals surface area contributed by atoms with Crippen molar-refractivity contribution in [3.05, 3.63) is 35.4 Å². The van der Waals surface area contributed by atoms with Crippen molar-refractivity contribution in [1.82, 2.24) is 5.48 Å². The Bertz CT molecular complexity index is 453. The van der Waals surface area contributed by atoms with Crippen LogP contribution in [0.5, 0.6) is 0 Å². The summed E-state index contributed by atoms with van der Waals surface area (Å²) >= 11 is 0. The Morgan fingerprint density at radius 2 is 1.84 bits per heavy atom. The van der Waals surface area contributed by atoms with Gasteiger partial charge in [0.2, 0.25) is 5.91 Å². The summed E-state index contributed by atoms with van der Waals surface area (Å²) < 4.78 is 0. The van der Waals surface area contributed by atoms with E-state index in [9.17, 15) is 4.79 Å². The largest absolute Gasteiger partial charge is 0.272 e. The smallest absolute Gasteiger partial charge is 0.249 e. The molecule has 3 heteroatoms. The van der Waals surface area contributed by atoms with Crippen molar-refractivity contribution < 1.29 is 9.63 Å². The van der Waals surface area contributed by atoms with E-state index < -0.39 is 0 Å². The summed E-state index contributed by atoms with van der Waals surface area (Å²) in [6.07, 6.45) is 1.92. The van der Waals surface area contributed by atoms with E-state index in [-0.39, 0.29) is 16.7 Å². The second-order valence-corrected chi connectivity index (χ2v) is 6.73. The van der Waals surface area contributed by atoms with Crippen LogP contribution in [0.15, 0.2) is 24.3 Å². The molecule has 0 saturated heterocycles. The highest BCUT2D eigenvalue weighted by Crippen LogP contribution is 2.44. The molecule has 0 unspecified atom stereocenters. The zero-order valence-electron chi connectivity index (χ0n) is 12.2. The topological polar surface area (TPSA) is 38.3 Å². The predicted octanol–water partition coefficient (Wildman–Crippen LogP) is 3.33. The van der Waals surface area contributed by atoms with Crippen molar-refractivity contribution in [3.8, 4) is 0 Å². The van der Waals surface area contributed by atoms with Gasteiger partial charge in [-0.2, -0.15) is 0 Å². The minimum absolute atomic E-state index is 0.00110. The zero-order valence-corrected chi connectivity index (χ0v) is 12.2. The molecule has 19 heavy (non-hydrogen) atoms. The van der Waals surface area contributed by atoms with Gasteiger partial charge in [-0.1, -0.05) is 52.0 Å². The Hall–Kier alpha value is -1.35. The first kappa shape index (κ1) is 14.1. The number of nitrogens with one attached hydrogen (secondary N) is 1. The molecule has 0 spiro atoms. The van der Waals surface area contributed by atoms with E-state index >= 15 is 0 Å². The van der Waals surface area contributed by atoms with Crippen LogP contribution < -0.4 is 5.48 Å². The van der Waals surface area contributed by atoms with Gasteiger partial charge in [-0.05, 0) is 29.4 Å². The molecule has 0 atom stereocenters. The highest BCUT2D eigenvalue weighted by Gasteiger charge is 2.45. The zero-order chi connectivity index (χ0) is 14.1. The van der Waals surface area contributed by atoms with E-state index in [1.165, 1.54) is 5.56 Å². The minimum Gasteiger partial charge on any atom is -0.272 e. The van der Waals surface area contributed by atoms with Gasteiger partial charge in [0, 0.05) is 5.41 Å². The molecule has 1 aliphatic carbocycles. The Balaban J connectivity index is 1.82. The molecular formula is C16H23NO2. The number of carbonyl (C=O) groups is 1. The van der Waals surface area contributed by atoms with Gasteiger partial charge in [0.1, 0.15) is 0 Å². The normalized spacial score (nSPS) is 17.1. The van der Waals surface area contributed by atoms with Crippen LogP contribution in [0, 0.1) is 5.41 Å².